The lowest BCUT2D eigenvalue weighted by Crippen LogP contribution is -2.34. The molecule has 3 aromatic rings. The summed E-state index contributed by atoms with van der Waals surface area (Å²) in [6, 6.07) is 20.5. The SMILES string of the molecule is CCC(C)(C)OC(=O)NCCCc1cc(C(O)(c2ccc(OC)cc2)c2ccc(OC)cc2)ccc1OC. The number of alkyl carbamates (subject to hydrolysis) is 1. The van der Waals surface area contributed by atoms with E-state index >= 15 is 0 Å². The van der Waals surface area contributed by atoms with Crippen LogP contribution in [0.2, 0.25) is 0 Å². The molecule has 0 spiro atoms. The van der Waals surface area contributed by atoms with Crippen molar-refractivity contribution >= 4 is 6.09 Å². The fourth-order valence-electron chi connectivity index (χ4n) is 4.19. The molecule has 7 nitrogen and oxygen atoms in total. The van der Waals surface area contributed by atoms with Gasteiger partial charge in [0.15, 0.2) is 0 Å². The van der Waals surface area contributed by atoms with Crippen LogP contribution in [-0.4, -0.2) is 44.7 Å². The summed E-state index contributed by atoms with van der Waals surface area (Å²) >= 11 is 0. The summed E-state index contributed by atoms with van der Waals surface area (Å²) in [7, 11) is 4.85. The fourth-order valence-corrected chi connectivity index (χ4v) is 4.19. The van der Waals surface area contributed by atoms with Crippen molar-refractivity contribution in [1.29, 1.82) is 0 Å². The van der Waals surface area contributed by atoms with Gasteiger partial charge >= 0.3 is 6.09 Å². The van der Waals surface area contributed by atoms with Crippen molar-refractivity contribution in [2.75, 3.05) is 27.9 Å². The maximum atomic E-state index is 12.3. The Bertz CT molecular complexity index is 1140. The van der Waals surface area contributed by atoms with E-state index in [0.717, 1.165) is 17.7 Å². The number of ether oxygens (including phenoxy) is 4. The quantitative estimate of drug-likeness (QED) is 0.230. The molecule has 3 rings (SSSR count). The molecular formula is C31H39NO6. The van der Waals surface area contributed by atoms with E-state index in [1.807, 2.05) is 87.5 Å². The number of aliphatic hydroxyl groups is 1. The lowest BCUT2D eigenvalue weighted by molar-refractivity contribution is 0.0363. The van der Waals surface area contributed by atoms with Gasteiger partial charge in [-0.2, -0.15) is 0 Å². The molecule has 38 heavy (non-hydrogen) atoms. The second-order valence-corrected chi connectivity index (χ2v) is 9.73. The molecule has 0 bridgehead atoms. The van der Waals surface area contributed by atoms with Gasteiger partial charge in [-0.25, -0.2) is 4.79 Å². The number of aryl methyl sites for hydroxylation is 1. The predicted molar refractivity (Wildman–Crippen MR) is 148 cm³/mol. The van der Waals surface area contributed by atoms with Gasteiger partial charge in [-0.3, -0.25) is 0 Å². The van der Waals surface area contributed by atoms with Crippen molar-refractivity contribution < 1.29 is 28.8 Å². The van der Waals surface area contributed by atoms with Gasteiger partial charge in [-0.05, 0) is 91.8 Å². The Morgan fingerprint density at radius 2 is 1.34 bits per heavy atom. The zero-order chi connectivity index (χ0) is 27.8. The summed E-state index contributed by atoms with van der Waals surface area (Å²) in [5.41, 5.74) is 1.07. The number of carbonyl (C=O) groups excluding carboxylic acids is 1. The van der Waals surface area contributed by atoms with Crippen LogP contribution in [0.1, 0.15) is 55.9 Å². The van der Waals surface area contributed by atoms with Crippen LogP contribution in [0.3, 0.4) is 0 Å². The van der Waals surface area contributed by atoms with Gasteiger partial charge in [0.1, 0.15) is 28.5 Å². The molecule has 204 valence electrons. The largest absolute Gasteiger partial charge is 0.497 e. The van der Waals surface area contributed by atoms with Gasteiger partial charge in [-0.1, -0.05) is 37.3 Å². The number of amides is 1. The molecule has 0 heterocycles. The topological polar surface area (TPSA) is 86.3 Å². The molecule has 0 aliphatic heterocycles. The standard InChI is InChI=1S/C31H39NO6/c1-7-30(2,3)38-29(33)32-20-8-9-22-21-25(14-19-28(22)37-6)31(34,23-10-15-26(35-4)16-11-23)24-12-17-27(36-5)18-13-24/h10-19,21,34H,7-9,20H2,1-6H3,(H,32,33). The fraction of sp³-hybridized carbons (Fsp3) is 0.387. The molecule has 0 aliphatic carbocycles. The van der Waals surface area contributed by atoms with E-state index in [-0.39, 0.29) is 0 Å². The summed E-state index contributed by atoms with van der Waals surface area (Å²) in [6.45, 7) is 6.20. The minimum absolute atomic E-state index is 0.425. The van der Waals surface area contributed by atoms with Crippen molar-refractivity contribution in [2.45, 2.75) is 51.2 Å². The number of rotatable bonds is 12. The number of nitrogens with one attached hydrogen (secondary N) is 1. The lowest BCUT2D eigenvalue weighted by atomic mass is 9.79. The summed E-state index contributed by atoms with van der Waals surface area (Å²) < 4.78 is 21.7. The summed E-state index contributed by atoms with van der Waals surface area (Å²) in [4.78, 5) is 12.1. The minimum Gasteiger partial charge on any atom is -0.497 e. The van der Waals surface area contributed by atoms with E-state index in [1.165, 1.54) is 0 Å². The lowest BCUT2D eigenvalue weighted by Gasteiger charge is -2.31. The molecule has 7 heteroatoms. The van der Waals surface area contributed by atoms with Crippen LogP contribution in [-0.2, 0) is 16.8 Å². The van der Waals surface area contributed by atoms with Crippen LogP contribution in [0.5, 0.6) is 17.2 Å². The number of methoxy groups -OCH3 is 3. The molecule has 0 saturated heterocycles. The van der Waals surface area contributed by atoms with Gasteiger partial charge in [0, 0.05) is 6.54 Å². The Hall–Kier alpha value is -3.71. The van der Waals surface area contributed by atoms with Gasteiger partial charge in [-0.15, -0.1) is 0 Å². The maximum Gasteiger partial charge on any atom is 0.407 e. The highest BCUT2D eigenvalue weighted by atomic mass is 16.6. The predicted octanol–water partition coefficient (Wildman–Crippen LogP) is 5.84. The third kappa shape index (κ3) is 6.78. The van der Waals surface area contributed by atoms with E-state index in [2.05, 4.69) is 5.32 Å². The number of carbonyl (C=O) groups is 1. The molecule has 3 aromatic carbocycles. The highest BCUT2D eigenvalue weighted by molar-refractivity contribution is 5.67. The van der Waals surface area contributed by atoms with Crippen LogP contribution in [0, 0.1) is 0 Å². The minimum atomic E-state index is -1.44. The van der Waals surface area contributed by atoms with Gasteiger partial charge < -0.3 is 29.4 Å². The third-order valence-electron chi connectivity index (χ3n) is 6.83. The highest BCUT2D eigenvalue weighted by Gasteiger charge is 2.34. The van der Waals surface area contributed by atoms with E-state index in [4.69, 9.17) is 18.9 Å². The molecule has 0 aliphatic rings. The molecule has 0 fully saturated rings. The number of hydrogen-bond donors (Lipinski definition) is 2. The smallest absolute Gasteiger partial charge is 0.407 e. The first kappa shape index (κ1) is 28.9. The van der Waals surface area contributed by atoms with Crippen molar-refractivity contribution in [3.63, 3.8) is 0 Å². The first-order valence-electron chi connectivity index (χ1n) is 12.8. The monoisotopic (exact) mass is 521 g/mol. The Morgan fingerprint density at radius 3 is 1.82 bits per heavy atom. The Balaban J connectivity index is 1.90. The van der Waals surface area contributed by atoms with E-state index in [0.29, 0.717) is 47.6 Å². The summed E-state index contributed by atoms with van der Waals surface area (Å²) in [6.07, 6.45) is 1.61. The molecule has 2 N–H and O–H groups in total. The van der Waals surface area contributed by atoms with Crippen molar-refractivity contribution in [1.82, 2.24) is 5.32 Å². The zero-order valence-corrected chi connectivity index (χ0v) is 23.2. The average molecular weight is 522 g/mol. The Morgan fingerprint density at radius 1 is 0.816 bits per heavy atom. The van der Waals surface area contributed by atoms with Crippen LogP contribution in [0.4, 0.5) is 4.79 Å². The number of benzene rings is 3. The number of hydrogen-bond acceptors (Lipinski definition) is 6. The first-order valence-corrected chi connectivity index (χ1v) is 12.8. The van der Waals surface area contributed by atoms with Crippen LogP contribution in [0.15, 0.2) is 66.7 Å². The maximum absolute atomic E-state index is 12.3. The summed E-state index contributed by atoms with van der Waals surface area (Å²) in [5, 5.41) is 15.1. The average Bonchev–Trinajstić information content (AvgIpc) is 2.94. The second-order valence-electron chi connectivity index (χ2n) is 9.73. The highest BCUT2D eigenvalue weighted by Crippen LogP contribution is 2.39. The molecule has 0 radical (unpaired) electrons. The van der Waals surface area contributed by atoms with Gasteiger partial charge in [0.2, 0.25) is 0 Å². The van der Waals surface area contributed by atoms with Gasteiger partial charge in [0.25, 0.3) is 0 Å². The van der Waals surface area contributed by atoms with E-state index in [9.17, 15) is 9.90 Å². The molecule has 0 unspecified atom stereocenters. The molecule has 0 saturated carbocycles. The third-order valence-corrected chi connectivity index (χ3v) is 6.83. The van der Waals surface area contributed by atoms with Crippen LogP contribution >= 0.6 is 0 Å². The van der Waals surface area contributed by atoms with Crippen LogP contribution < -0.4 is 19.5 Å². The molecule has 0 atom stereocenters. The Labute approximate surface area is 225 Å². The summed E-state index contributed by atoms with van der Waals surface area (Å²) in [5.74, 6) is 2.12. The van der Waals surface area contributed by atoms with Gasteiger partial charge in [0.05, 0.1) is 21.3 Å². The first-order chi connectivity index (χ1) is 18.2. The van der Waals surface area contributed by atoms with Crippen molar-refractivity contribution in [2.24, 2.45) is 0 Å². The molecule has 0 aromatic heterocycles. The second kappa shape index (κ2) is 12.7. The normalized spacial score (nSPS) is 11.6. The zero-order valence-electron chi connectivity index (χ0n) is 23.2. The molecule has 1 amide bonds. The van der Waals surface area contributed by atoms with E-state index in [1.54, 1.807) is 21.3 Å². The van der Waals surface area contributed by atoms with Crippen LogP contribution in [0.25, 0.3) is 0 Å². The molecular weight excluding hydrogens is 482 g/mol. The Kier molecular flexibility index (Phi) is 9.64. The van der Waals surface area contributed by atoms with Crippen molar-refractivity contribution in [3.8, 4) is 17.2 Å². The van der Waals surface area contributed by atoms with Crippen molar-refractivity contribution in [3.05, 3.63) is 89.0 Å². The van der Waals surface area contributed by atoms with E-state index < -0.39 is 17.3 Å².